The van der Waals surface area contributed by atoms with Crippen molar-refractivity contribution >= 4 is 0 Å². The molecule has 0 aliphatic heterocycles. The molecule has 0 aromatic heterocycles. The summed E-state index contributed by atoms with van der Waals surface area (Å²) in [6.45, 7) is 3.94. The average Bonchev–Trinajstić information content (AvgIpc) is 1.84. The molecule has 0 saturated heterocycles. The van der Waals surface area contributed by atoms with Crippen LogP contribution >= 0.6 is 0 Å². The molecule has 1 heteroatoms. The second kappa shape index (κ2) is 3.51. The van der Waals surface area contributed by atoms with Gasteiger partial charge in [0.15, 0.2) is 0 Å². The maximum atomic E-state index is 8.89. The van der Waals surface area contributed by atoms with E-state index in [1.807, 2.05) is 13.8 Å². The third kappa shape index (κ3) is 1.99. The zero-order valence-electron chi connectivity index (χ0n) is 5.39. The summed E-state index contributed by atoms with van der Waals surface area (Å²) in [7, 11) is 0. The van der Waals surface area contributed by atoms with Gasteiger partial charge in [0.05, 0.1) is 0 Å². The highest BCUT2D eigenvalue weighted by Gasteiger charge is 2.06. The molecule has 2 unspecified atom stereocenters. The second-order valence-corrected chi connectivity index (χ2v) is 2.00. The molecule has 0 saturated carbocycles. The van der Waals surface area contributed by atoms with Gasteiger partial charge in [-0.25, -0.2) is 0 Å². The number of hydrogen-bond acceptors (Lipinski definition) is 1. The second-order valence-electron chi connectivity index (χ2n) is 2.00. The van der Waals surface area contributed by atoms with Crippen molar-refractivity contribution in [2.75, 3.05) is 0 Å². The zero-order chi connectivity index (χ0) is 6.57. The van der Waals surface area contributed by atoms with Gasteiger partial charge in [-0.15, -0.1) is 6.42 Å². The lowest BCUT2D eigenvalue weighted by Gasteiger charge is -2.08. The molecule has 0 aliphatic rings. The van der Waals surface area contributed by atoms with Crippen LogP contribution in [-0.4, -0.2) is 11.2 Å². The highest BCUT2D eigenvalue weighted by Crippen LogP contribution is 2.04. The molecule has 0 aromatic carbocycles. The molecular weight excluding hydrogens is 100 g/mol. The molecule has 0 rings (SSSR count). The summed E-state index contributed by atoms with van der Waals surface area (Å²) in [6.07, 6.45) is 5.33. The van der Waals surface area contributed by atoms with Crippen LogP contribution in [0.3, 0.4) is 0 Å². The molecule has 8 heavy (non-hydrogen) atoms. The molecule has 1 nitrogen and oxygen atoms in total. The number of aliphatic hydroxyl groups is 1. The van der Waals surface area contributed by atoms with Crippen molar-refractivity contribution < 1.29 is 5.11 Å². The zero-order valence-corrected chi connectivity index (χ0v) is 5.39. The predicted octanol–water partition coefficient (Wildman–Crippen LogP) is 1.03. The van der Waals surface area contributed by atoms with Crippen molar-refractivity contribution in [1.29, 1.82) is 0 Å². The molecule has 2 atom stereocenters. The van der Waals surface area contributed by atoms with E-state index in [2.05, 4.69) is 5.92 Å². The van der Waals surface area contributed by atoms with E-state index in [4.69, 9.17) is 11.5 Å². The number of aliphatic hydroxyl groups excluding tert-OH is 1. The highest BCUT2D eigenvalue weighted by molar-refractivity contribution is 4.95. The molecule has 0 fully saturated rings. The van der Waals surface area contributed by atoms with E-state index in [1.54, 1.807) is 0 Å². The molecule has 0 amide bonds. The summed E-state index contributed by atoms with van der Waals surface area (Å²) in [5.41, 5.74) is 0. The fourth-order valence-corrected chi connectivity index (χ4v) is 0.388. The maximum Gasteiger partial charge on any atom is 0.117 e. The lowest BCUT2D eigenvalue weighted by molar-refractivity contribution is 0.169. The van der Waals surface area contributed by atoms with Gasteiger partial charge < -0.3 is 5.11 Å². The Bertz CT molecular complexity index is 91.1. The van der Waals surface area contributed by atoms with Crippen LogP contribution < -0.4 is 0 Å². The molecule has 0 radical (unpaired) electrons. The van der Waals surface area contributed by atoms with E-state index in [-0.39, 0.29) is 5.92 Å². The fourth-order valence-electron chi connectivity index (χ4n) is 0.388. The van der Waals surface area contributed by atoms with Gasteiger partial charge in [-0.3, -0.25) is 0 Å². The Morgan fingerprint density at radius 2 is 2.25 bits per heavy atom. The summed E-state index contributed by atoms with van der Waals surface area (Å²) in [4.78, 5) is 0. The number of terminal acetylenes is 1. The summed E-state index contributed by atoms with van der Waals surface area (Å²) in [5.74, 6) is 2.51. The van der Waals surface area contributed by atoms with Crippen molar-refractivity contribution in [3.8, 4) is 12.3 Å². The van der Waals surface area contributed by atoms with Crippen LogP contribution in [0.5, 0.6) is 0 Å². The van der Waals surface area contributed by atoms with E-state index < -0.39 is 6.10 Å². The third-order valence-corrected chi connectivity index (χ3v) is 1.35. The Kier molecular flexibility index (Phi) is 3.30. The van der Waals surface area contributed by atoms with Crippen molar-refractivity contribution in [3.05, 3.63) is 0 Å². The summed E-state index contributed by atoms with van der Waals surface area (Å²) >= 11 is 0. The van der Waals surface area contributed by atoms with Crippen LogP contribution in [0.4, 0.5) is 0 Å². The monoisotopic (exact) mass is 112 g/mol. The predicted molar refractivity (Wildman–Crippen MR) is 34.3 cm³/mol. The van der Waals surface area contributed by atoms with Crippen LogP contribution in [0, 0.1) is 18.3 Å². The first-order chi connectivity index (χ1) is 3.72. The van der Waals surface area contributed by atoms with Crippen molar-refractivity contribution in [2.45, 2.75) is 26.4 Å². The lowest BCUT2D eigenvalue weighted by Crippen LogP contribution is -2.13. The molecule has 0 bridgehead atoms. The summed E-state index contributed by atoms with van der Waals surface area (Å²) in [6, 6.07) is 0. The lowest BCUT2D eigenvalue weighted by atomic mass is 10.0. The quantitative estimate of drug-likeness (QED) is 0.529. The first-order valence-electron chi connectivity index (χ1n) is 2.86. The number of hydrogen-bond donors (Lipinski definition) is 1. The first-order valence-corrected chi connectivity index (χ1v) is 2.86. The Balaban J connectivity index is 3.49. The molecule has 0 spiro atoms. The van der Waals surface area contributed by atoms with Gasteiger partial charge >= 0.3 is 0 Å². The van der Waals surface area contributed by atoms with Gasteiger partial charge in [0.1, 0.15) is 6.10 Å². The minimum absolute atomic E-state index is 0.236. The molecule has 1 N–H and O–H groups in total. The summed E-state index contributed by atoms with van der Waals surface area (Å²) < 4.78 is 0. The van der Waals surface area contributed by atoms with E-state index >= 15 is 0 Å². The van der Waals surface area contributed by atoms with Gasteiger partial charge in [-0.1, -0.05) is 26.2 Å². The average molecular weight is 112 g/mol. The van der Waals surface area contributed by atoms with Crippen LogP contribution in [0.15, 0.2) is 0 Å². The first kappa shape index (κ1) is 7.52. The molecule has 0 heterocycles. The highest BCUT2D eigenvalue weighted by atomic mass is 16.3. The van der Waals surface area contributed by atoms with Crippen molar-refractivity contribution in [1.82, 2.24) is 0 Å². The Morgan fingerprint density at radius 1 is 1.75 bits per heavy atom. The van der Waals surface area contributed by atoms with Gasteiger partial charge in [0.25, 0.3) is 0 Å². The van der Waals surface area contributed by atoms with Crippen molar-refractivity contribution in [2.24, 2.45) is 5.92 Å². The van der Waals surface area contributed by atoms with Crippen LogP contribution in [-0.2, 0) is 0 Å². The fraction of sp³-hybridized carbons (Fsp3) is 0.714. The topological polar surface area (TPSA) is 20.2 Å². The normalized spacial score (nSPS) is 16.8. The standard InChI is InChI=1S/C7H12O/c1-4-6(3)7(8)5-2/h2,6-8H,4H2,1,3H3. The largest absolute Gasteiger partial charge is 0.380 e. The Labute approximate surface area is 50.7 Å². The van der Waals surface area contributed by atoms with Gasteiger partial charge in [0.2, 0.25) is 0 Å². The van der Waals surface area contributed by atoms with Crippen molar-refractivity contribution in [3.63, 3.8) is 0 Å². The molecular formula is C7H12O. The Hall–Kier alpha value is -0.480. The minimum Gasteiger partial charge on any atom is -0.380 e. The third-order valence-electron chi connectivity index (χ3n) is 1.35. The Morgan fingerprint density at radius 3 is 2.38 bits per heavy atom. The van der Waals surface area contributed by atoms with Gasteiger partial charge in [0, 0.05) is 0 Å². The van der Waals surface area contributed by atoms with E-state index in [0.717, 1.165) is 6.42 Å². The van der Waals surface area contributed by atoms with E-state index in [1.165, 1.54) is 0 Å². The molecule has 0 aromatic rings. The summed E-state index contributed by atoms with van der Waals surface area (Å²) in [5, 5.41) is 8.89. The van der Waals surface area contributed by atoms with Crippen LogP contribution in [0.25, 0.3) is 0 Å². The molecule has 46 valence electrons. The smallest absolute Gasteiger partial charge is 0.117 e. The van der Waals surface area contributed by atoms with E-state index in [0.29, 0.717) is 0 Å². The SMILES string of the molecule is C#CC(O)C(C)CC. The minimum atomic E-state index is -0.556. The maximum absolute atomic E-state index is 8.89. The number of rotatable bonds is 2. The van der Waals surface area contributed by atoms with Gasteiger partial charge in [-0.2, -0.15) is 0 Å². The molecule has 0 aliphatic carbocycles. The van der Waals surface area contributed by atoms with Crippen LogP contribution in [0.2, 0.25) is 0 Å². The van der Waals surface area contributed by atoms with E-state index in [9.17, 15) is 0 Å². The van der Waals surface area contributed by atoms with Gasteiger partial charge in [-0.05, 0) is 5.92 Å². The van der Waals surface area contributed by atoms with Crippen LogP contribution in [0.1, 0.15) is 20.3 Å².